The molecule has 16 heavy (non-hydrogen) atoms. The van der Waals surface area contributed by atoms with Crippen LogP contribution >= 0.6 is 0 Å². The van der Waals surface area contributed by atoms with Crippen molar-refractivity contribution in [2.75, 3.05) is 0 Å². The zero-order valence-electron chi connectivity index (χ0n) is 11.3. The van der Waals surface area contributed by atoms with E-state index in [1.165, 1.54) is 25.7 Å². The van der Waals surface area contributed by atoms with Gasteiger partial charge in [0, 0.05) is 6.04 Å². The highest BCUT2D eigenvalue weighted by Gasteiger charge is 2.20. The molecule has 0 aromatic rings. The zero-order valence-corrected chi connectivity index (χ0v) is 11.3. The molecule has 0 aromatic heterocycles. The maximum Gasteiger partial charge on any atom is 0.234 e. The highest BCUT2D eigenvalue weighted by atomic mass is 16.1. The summed E-state index contributed by atoms with van der Waals surface area (Å²) in [5.41, 5.74) is 5.36. The van der Waals surface area contributed by atoms with Gasteiger partial charge >= 0.3 is 0 Å². The third-order valence-electron chi connectivity index (χ3n) is 2.93. The van der Waals surface area contributed by atoms with Gasteiger partial charge in [-0.3, -0.25) is 4.79 Å². The van der Waals surface area contributed by atoms with Crippen molar-refractivity contribution in [3.05, 3.63) is 0 Å². The molecule has 2 atom stereocenters. The van der Waals surface area contributed by atoms with Gasteiger partial charge in [-0.25, -0.2) is 0 Å². The van der Waals surface area contributed by atoms with Crippen LogP contribution in [0.4, 0.5) is 0 Å². The second kappa shape index (κ2) is 8.57. The van der Waals surface area contributed by atoms with E-state index in [2.05, 4.69) is 19.2 Å². The predicted octanol–water partition coefficient (Wildman–Crippen LogP) is 2.44. The molecule has 0 spiro atoms. The Balaban J connectivity index is 3.82. The molecule has 0 aromatic carbocycles. The summed E-state index contributed by atoms with van der Waals surface area (Å²) in [4.78, 5) is 11.2. The Kier molecular flexibility index (Phi) is 8.26. The average molecular weight is 228 g/mol. The molecule has 2 unspecified atom stereocenters. The fourth-order valence-electron chi connectivity index (χ4n) is 1.87. The molecule has 0 fully saturated rings. The third kappa shape index (κ3) is 6.83. The standard InChI is InChI=1S/C13H28N2O/c1-5-6-7-8-9-11(4)15-12(10(2)3)13(14)16/h10-12,15H,5-9H2,1-4H3,(H2,14,16). The topological polar surface area (TPSA) is 55.1 Å². The van der Waals surface area contributed by atoms with Crippen molar-refractivity contribution in [3.63, 3.8) is 0 Å². The fraction of sp³-hybridized carbons (Fsp3) is 0.923. The summed E-state index contributed by atoms with van der Waals surface area (Å²) in [5.74, 6) is 0.0194. The third-order valence-corrected chi connectivity index (χ3v) is 2.93. The van der Waals surface area contributed by atoms with Crippen LogP contribution < -0.4 is 11.1 Å². The summed E-state index contributed by atoms with van der Waals surface area (Å²) in [6, 6.07) is 0.179. The van der Waals surface area contributed by atoms with E-state index in [0.29, 0.717) is 6.04 Å². The van der Waals surface area contributed by atoms with E-state index in [-0.39, 0.29) is 17.9 Å². The molecular formula is C13H28N2O. The molecule has 0 bridgehead atoms. The lowest BCUT2D eigenvalue weighted by Crippen LogP contribution is -2.48. The highest BCUT2D eigenvalue weighted by molar-refractivity contribution is 5.80. The number of hydrogen-bond acceptors (Lipinski definition) is 2. The number of carbonyl (C=O) groups excluding carboxylic acids is 1. The summed E-state index contributed by atoms with van der Waals surface area (Å²) in [6.45, 7) is 8.38. The van der Waals surface area contributed by atoms with Gasteiger partial charge in [0.05, 0.1) is 6.04 Å². The van der Waals surface area contributed by atoms with Crippen molar-refractivity contribution in [1.82, 2.24) is 5.32 Å². The van der Waals surface area contributed by atoms with Crippen LogP contribution in [-0.4, -0.2) is 18.0 Å². The Morgan fingerprint density at radius 3 is 2.25 bits per heavy atom. The van der Waals surface area contributed by atoms with Gasteiger partial charge in [0.1, 0.15) is 0 Å². The number of carbonyl (C=O) groups is 1. The molecule has 0 heterocycles. The molecule has 0 aliphatic rings. The number of amides is 1. The van der Waals surface area contributed by atoms with Crippen molar-refractivity contribution < 1.29 is 4.79 Å². The normalized spacial score (nSPS) is 15.1. The molecule has 0 radical (unpaired) electrons. The van der Waals surface area contributed by atoms with E-state index in [4.69, 9.17) is 5.73 Å². The molecule has 3 nitrogen and oxygen atoms in total. The van der Waals surface area contributed by atoms with Gasteiger partial charge in [-0.05, 0) is 19.3 Å². The predicted molar refractivity (Wildman–Crippen MR) is 69.2 cm³/mol. The second-order valence-corrected chi connectivity index (χ2v) is 5.04. The first-order valence-electron chi connectivity index (χ1n) is 6.54. The molecular weight excluding hydrogens is 200 g/mol. The van der Waals surface area contributed by atoms with Crippen LogP contribution in [0.5, 0.6) is 0 Å². The molecule has 0 saturated carbocycles. The minimum atomic E-state index is -0.240. The Morgan fingerprint density at radius 1 is 1.19 bits per heavy atom. The minimum absolute atomic E-state index is 0.193. The second-order valence-electron chi connectivity index (χ2n) is 5.04. The van der Waals surface area contributed by atoms with Crippen molar-refractivity contribution >= 4 is 5.91 Å². The lowest BCUT2D eigenvalue weighted by Gasteiger charge is -2.23. The van der Waals surface area contributed by atoms with E-state index in [0.717, 1.165) is 6.42 Å². The molecule has 0 aliphatic carbocycles. The first-order valence-corrected chi connectivity index (χ1v) is 6.54. The van der Waals surface area contributed by atoms with E-state index in [9.17, 15) is 4.79 Å². The molecule has 3 N–H and O–H groups in total. The lowest BCUT2D eigenvalue weighted by atomic mass is 10.0. The number of nitrogens with one attached hydrogen (secondary N) is 1. The number of unbranched alkanes of at least 4 members (excludes halogenated alkanes) is 3. The molecule has 3 heteroatoms. The van der Waals surface area contributed by atoms with Crippen LogP contribution in [0.3, 0.4) is 0 Å². The van der Waals surface area contributed by atoms with Gasteiger partial charge in [-0.2, -0.15) is 0 Å². The van der Waals surface area contributed by atoms with Gasteiger partial charge in [0.15, 0.2) is 0 Å². The van der Waals surface area contributed by atoms with E-state index in [1.54, 1.807) is 0 Å². The first-order chi connectivity index (χ1) is 7.49. The van der Waals surface area contributed by atoms with Gasteiger partial charge < -0.3 is 11.1 Å². The van der Waals surface area contributed by atoms with Crippen LogP contribution in [0, 0.1) is 5.92 Å². The number of rotatable bonds is 9. The van der Waals surface area contributed by atoms with Crippen LogP contribution in [0.25, 0.3) is 0 Å². The Morgan fingerprint density at radius 2 is 1.81 bits per heavy atom. The van der Waals surface area contributed by atoms with Crippen molar-refractivity contribution in [1.29, 1.82) is 0 Å². The van der Waals surface area contributed by atoms with Gasteiger partial charge in [-0.15, -0.1) is 0 Å². The van der Waals surface area contributed by atoms with Gasteiger partial charge in [-0.1, -0.05) is 46.5 Å². The smallest absolute Gasteiger partial charge is 0.234 e. The highest BCUT2D eigenvalue weighted by Crippen LogP contribution is 2.08. The summed E-state index contributed by atoms with van der Waals surface area (Å²) in [7, 11) is 0. The fourth-order valence-corrected chi connectivity index (χ4v) is 1.87. The minimum Gasteiger partial charge on any atom is -0.368 e. The van der Waals surface area contributed by atoms with Crippen LogP contribution in [-0.2, 0) is 4.79 Å². The van der Waals surface area contributed by atoms with Gasteiger partial charge in [0.25, 0.3) is 0 Å². The monoisotopic (exact) mass is 228 g/mol. The quantitative estimate of drug-likeness (QED) is 0.596. The van der Waals surface area contributed by atoms with Crippen LogP contribution in [0.2, 0.25) is 0 Å². The number of hydrogen-bond donors (Lipinski definition) is 2. The zero-order chi connectivity index (χ0) is 12.6. The lowest BCUT2D eigenvalue weighted by molar-refractivity contribution is -0.121. The molecule has 0 saturated heterocycles. The van der Waals surface area contributed by atoms with Crippen molar-refractivity contribution in [2.45, 2.75) is 71.9 Å². The number of nitrogens with two attached hydrogens (primary N) is 1. The largest absolute Gasteiger partial charge is 0.368 e. The Hall–Kier alpha value is -0.570. The van der Waals surface area contributed by atoms with Crippen molar-refractivity contribution in [3.8, 4) is 0 Å². The summed E-state index contributed by atoms with van der Waals surface area (Å²) in [5, 5.41) is 3.32. The number of primary amides is 1. The molecule has 0 aliphatic heterocycles. The maximum atomic E-state index is 11.2. The molecule has 1 amide bonds. The average Bonchev–Trinajstić information content (AvgIpc) is 2.20. The van der Waals surface area contributed by atoms with E-state index >= 15 is 0 Å². The van der Waals surface area contributed by atoms with Crippen LogP contribution in [0.15, 0.2) is 0 Å². The summed E-state index contributed by atoms with van der Waals surface area (Å²) >= 11 is 0. The molecule has 96 valence electrons. The Bertz CT molecular complexity index is 192. The summed E-state index contributed by atoms with van der Waals surface area (Å²) in [6.07, 6.45) is 6.20. The SMILES string of the molecule is CCCCCCC(C)NC(C(N)=O)C(C)C. The van der Waals surface area contributed by atoms with Crippen LogP contribution in [0.1, 0.15) is 59.8 Å². The van der Waals surface area contributed by atoms with Gasteiger partial charge in [0.2, 0.25) is 5.91 Å². The molecule has 0 rings (SSSR count). The maximum absolute atomic E-state index is 11.2. The van der Waals surface area contributed by atoms with Crippen molar-refractivity contribution in [2.24, 2.45) is 11.7 Å². The summed E-state index contributed by atoms with van der Waals surface area (Å²) < 4.78 is 0. The first kappa shape index (κ1) is 15.4. The Labute approximate surface area is 100 Å². The van der Waals surface area contributed by atoms with E-state index < -0.39 is 0 Å². The van der Waals surface area contributed by atoms with E-state index in [1.807, 2.05) is 13.8 Å².